The highest BCUT2D eigenvalue weighted by Crippen LogP contribution is 2.26. The highest BCUT2D eigenvalue weighted by Gasteiger charge is 2.35. The lowest BCUT2D eigenvalue weighted by atomic mass is 10.1. The van der Waals surface area contributed by atoms with E-state index in [0.717, 1.165) is 5.69 Å². The minimum atomic E-state index is -0.247. The van der Waals surface area contributed by atoms with Crippen LogP contribution in [0.1, 0.15) is 6.42 Å². The van der Waals surface area contributed by atoms with E-state index in [4.69, 9.17) is 11.6 Å². The van der Waals surface area contributed by atoms with Crippen LogP contribution in [0.5, 0.6) is 0 Å². The first-order valence-electron chi connectivity index (χ1n) is 5.76. The van der Waals surface area contributed by atoms with Gasteiger partial charge in [-0.25, -0.2) is 0 Å². The van der Waals surface area contributed by atoms with Crippen molar-refractivity contribution in [2.75, 3.05) is 25.5 Å². The number of hydrogen-bond acceptors (Lipinski definition) is 2. The molecule has 0 radical (unpaired) electrons. The molecule has 1 saturated heterocycles. The molecule has 1 aliphatic rings. The van der Waals surface area contributed by atoms with Gasteiger partial charge >= 0.3 is 0 Å². The number of halogens is 1. The summed E-state index contributed by atoms with van der Waals surface area (Å²) in [6, 6.07) is 7.07. The fourth-order valence-corrected chi connectivity index (χ4v) is 2.23. The van der Waals surface area contributed by atoms with Crippen LogP contribution in [-0.4, -0.2) is 37.4 Å². The topological polar surface area (TPSA) is 40.6 Å². The molecule has 1 aliphatic heterocycles. The minimum absolute atomic E-state index is 0.000173. The van der Waals surface area contributed by atoms with Gasteiger partial charge in [0.1, 0.15) is 0 Å². The van der Waals surface area contributed by atoms with Crippen molar-refractivity contribution in [1.29, 1.82) is 0 Å². The summed E-state index contributed by atoms with van der Waals surface area (Å²) in [6.07, 6.45) is 0.277. The van der Waals surface area contributed by atoms with Gasteiger partial charge in [0.05, 0.1) is 5.92 Å². The van der Waals surface area contributed by atoms with E-state index >= 15 is 0 Å². The first kappa shape index (κ1) is 12.9. The number of carbonyl (C=O) groups is 2. The van der Waals surface area contributed by atoms with E-state index in [2.05, 4.69) is 0 Å². The van der Waals surface area contributed by atoms with E-state index in [1.807, 2.05) is 0 Å². The number of amides is 2. The Morgan fingerprint density at radius 2 is 1.94 bits per heavy atom. The van der Waals surface area contributed by atoms with Crippen molar-refractivity contribution >= 4 is 29.1 Å². The molecule has 0 bridgehead atoms. The predicted molar refractivity (Wildman–Crippen MR) is 70.6 cm³/mol. The Hall–Kier alpha value is -1.55. The third-order valence-electron chi connectivity index (χ3n) is 3.05. The summed E-state index contributed by atoms with van der Waals surface area (Å²) in [5.74, 6) is -0.263. The molecule has 1 aromatic carbocycles. The highest BCUT2D eigenvalue weighted by molar-refractivity contribution is 6.30. The molecule has 2 amide bonds. The number of hydrogen-bond donors (Lipinski definition) is 0. The Kier molecular flexibility index (Phi) is 3.57. The molecule has 5 heteroatoms. The van der Waals surface area contributed by atoms with Gasteiger partial charge in [-0.1, -0.05) is 11.6 Å². The lowest BCUT2D eigenvalue weighted by molar-refractivity contribution is -0.133. The van der Waals surface area contributed by atoms with Crippen molar-refractivity contribution in [2.45, 2.75) is 6.42 Å². The summed E-state index contributed by atoms with van der Waals surface area (Å²) < 4.78 is 0. The number of rotatable bonds is 2. The zero-order chi connectivity index (χ0) is 13.3. The monoisotopic (exact) mass is 266 g/mol. The molecule has 96 valence electrons. The molecule has 0 N–H and O–H groups in total. The second kappa shape index (κ2) is 4.98. The Bertz CT molecular complexity index is 470. The molecule has 18 heavy (non-hydrogen) atoms. The lowest BCUT2D eigenvalue weighted by Crippen LogP contribution is -2.32. The van der Waals surface area contributed by atoms with Gasteiger partial charge < -0.3 is 9.80 Å². The normalized spacial score (nSPS) is 19.2. The fraction of sp³-hybridized carbons (Fsp3) is 0.385. The van der Waals surface area contributed by atoms with Crippen LogP contribution >= 0.6 is 11.6 Å². The average Bonchev–Trinajstić information content (AvgIpc) is 2.71. The highest BCUT2D eigenvalue weighted by atomic mass is 35.5. The van der Waals surface area contributed by atoms with Crippen LogP contribution in [0.4, 0.5) is 5.69 Å². The molecule has 1 aromatic rings. The molecule has 4 nitrogen and oxygen atoms in total. The van der Waals surface area contributed by atoms with Crippen LogP contribution in [0.25, 0.3) is 0 Å². The van der Waals surface area contributed by atoms with E-state index in [-0.39, 0.29) is 24.2 Å². The zero-order valence-corrected chi connectivity index (χ0v) is 11.1. The summed E-state index contributed by atoms with van der Waals surface area (Å²) in [6.45, 7) is 0.442. The van der Waals surface area contributed by atoms with Crippen LogP contribution in [-0.2, 0) is 9.59 Å². The molecule has 1 unspecified atom stereocenters. The predicted octanol–water partition coefficient (Wildman–Crippen LogP) is 1.78. The number of benzene rings is 1. The molecule has 0 aliphatic carbocycles. The van der Waals surface area contributed by atoms with Gasteiger partial charge in [0.2, 0.25) is 11.8 Å². The SMILES string of the molecule is CN(C)C(=O)C1CC(=O)N(c2ccc(Cl)cc2)C1. The second-order valence-corrected chi connectivity index (χ2v) is 5.05. The Morgan fingerprint density at radius 1 is 1.33 bits per heavy atom. The van der Waals surface area contributed by atoms with Crippen molar-refractivity contribution in [3.63, 3.8) is 0 Å². The maximum atomic E-state index is 11.9. The van der Waals surface area contributed by atoms with E-state index < -0.39 is 0 Å². The minimum Gasteiger partial charge on any atom is -0.349 e. The summed E-state index contributed by atoms with van der Waals surface area (Å²) in [5, 5.41) is 0.631. The van der Waals surface area contributed by atoms with Gasteiger partial charge in [0.15, 0.2) is 0 Å². The summed E-state index contributed by atoms with van der Waals surface area (Å²) in [7, 11) is 3.41. The molecule has 0 spiro atoms. The number of carbonyl (C=O) groups excluding carboxylic acids is 2. The van der Waals surface area contributed by atoms with Crippen molar-refractivity contribution in [2.24, 2.45) is 5.92 Å². The molecule has 2 rings (SSSR count). The van der Waals surface area contributed by atoms with Crippen molar-refractivity contribution in [1.82, 2.24) is 4.90 Å². The molecule has 1 fully saturated rings. The van der Waals surface area contributed by atoms with Crippen molar-refractivity contribution < 1.29 is 9.59 Å². The first-order valence-corrected chi connectivity index (χ1v) is 6.14. The average molecular weight is 267 g/mol. The Morgan fingerprint density at radius 3 is 2.50 bits per heavy atom. The third-order valence-corrected chi connectivity index (χ3v) is 3.31. The van der Waals surface area contributed by atoms with Crippen molar-refractivity contribution in [3.05, 3.63) is 29.3 Å². The molecular weight excluding hydrogens is 252 g/mol. The van der Waals surface area contributed by atoms with Gasteiger partial charge in [-0.15, -0.1) is 0 Å². The van der Waals surface area contributed by atoms with Gasteiger partial charge in [-0.2, -0.15) is 0 Å². The van der Waals surface area contributed by atoms with E-state index in [9.17, 15) is 9.59 Å². The van der Waals surface area contributed by atoms with Crippen LogP contribution in [0.15, 0.2) is 24.3 Å². The van der Waals surface area contributed by atoms with Crippen LogP contribution in [0.3, 0.4) is 0 Å². The fourth-order valence-electron chi connectivity index (χ4n) is 2.11. The largest absolute Gasteiger partial charge is 0.349 e. The molecule has 1 atom stereocenters. The van der Waals surface area contributed by atoms with Crippen LogP contribution < -0.4 is 4.90 Å². The quantitative estimate of drug-likeness (QED) is 0.819. The lowest BCUT2D eigenvalue weighted by Gasteiger charge is -2.18. The number of nitrogens with zero attached hydrogens (tertiary/aromatic N) is 2. The standard InChI is InChI=1S/C13H15ClN2O2/c1-15(2)13(18)9-7-12(17)16(8-9)11-5-3-10(14)4-6-11/h3-6,9H,7-8H2,1-2H3. The summed E-state index contributed by atoms with van der Waals surface area (Å²) in [5.41, 5.74) is 0.790. The third kappa shape index (κ3) is 2.48. The maximum Gasteiger partial charge on any atom is 0.227 e. The maximum absolute atomic E-state index is 11.9. The van der Waals surface area contributed by atoms with Gasteiger partial charge in [-0.3, -0.25) is 9.59 Å². The van der Waals surface area contributed by atoms with Gasteiger partial charge in [0, 0.05) is 37.8 Å². The molecule has 0 aromatic heterocycles. The van der Waals surface area contributed by atoms with Crippen LogP contribution in [0, 0.1) is 5.92 Å². The summed E-state index contributed by atoms with van der Waals surface area (Å²) >= 11 is 5.81. The van der Waals surface area contributed by atoms with Crippen molar-refractivity contribution in [3.8, 4) is 0 Å². The molecule has 1 heterocycles. The molecular formula is C13H15ClN2O2. The number of anilines is 1. The zero-order valence-electron chi connectivity index (χ0n) is 10.4. The molecule has 0 saturated carbocycles. The summed E-state index contributed by atoms with van der Waals surface area (Å²) in [4.78, 5) is 26.9. The smallest absolute Gasteiger partial charge is 0.227 e. The first-order chi connectivity index (χ1) is 8.49. The van der Waals surface area contributed by atoms with E-state index in [1.165, 1.54) is 4.90 Å². The van der Waals surface area contributed by atoms with Crippen LogP contribution in [0.2, 0.25) is 5.02 Å². The van der Waals surface area contributed by atoms with E-state index in [1.54, 1.807) is 43.3 Å². The van der Waals surface area contributed by atoms with Gasteiger partial charge in [0.25, 0.3) is 0 Å². The second-order valence-electron chi connectivity index (χ2n) is 4.61. The van der Waals surface area contributed by atoms with E-state index in [0.29, 0.717) is 11.6 Å². The van der Waals surface area contributed by atoms with Gasteiger partial charge in [-0.05, 0) is 24.3 Å². The Balaban J connectivity index is 2.15. The Labute approximate surface area is 111 Å².